The summed E-state index contributed by atoms with van der Waals surface area (Å²) in [6, 6.07) is 0. The van der Waals surface area contributed by atoms with Crippen molar-refractivity contribution in [3.05, 3.63) is 0 Å². The third-order valence-electron chi connectivity index (χ3n) is 4.70. The number of hydrogen-bond acceptors (Lipinski definition) is 4. The highest BCUT2D eigenvalue weighted by molar-refractivity contribution is 4.73. The number of hydrogen-bond donors (Lipinski definition) is 0. The Morgan fingerprint density at radius 1 is 0.278 bits per heavy atom. The van der Waals surface area contributed by atoms with Crippen LogP contribution in [0.2, 0.25) is 0 Å². The molecular weight excluding hydrogens is 224 g/mol. The van der Waals surface area contributed by atoms with Gasteiger partial charge in [-0.05, 0) is 25.7 Å². The van der Waals surface area contributed by atoms with E-state index in [-0.39, 0.29) is 0 Å². The van der Waals surface area contributed by atoms with Crippen molar-refractivity contribution in [1.29, 1.82) is 0 Å². The highest BCUT2D eigenvalue weighted by Crippen LogP contribution is 2.17. The first kappa shape index (κ1) is 12.9. The maximum absolute atomic E-state index is 2.61. The lowest BCUT2D eigenvalue weighted by atomic mass is 10.1. The Hall–Kier alpha value is -0.160. The Morgan fingerprint density at radius 2 is 0.556 bits per heavy atom. The van der Waals surface area contributed by atoms with E-state index in [0.29, 0.717) is 0 Å². The third-order valence-corrected chi connectivity index (χ3v) is 4.70. The molecule has 0 amide bonds. The van der Waals surface area contributed by atoms with Crippen molar-refractivity contribution in [3.63, 3.8) is 0 Å². The Balaban J connectivity index is 1.45. The van der Waals surface area contributed by atoms with Crippen LogP contribution in [0.1, 0.15) is 38.5 Å². The SMILES string of the molecule is C1CCN(N2CCN(N3CCCCC3)CC2)CC1. The minimum Gasteiger partial charge on any atom is -0.242 e. The molecule has 0 aromatic rings. The second-order valence-electron chi connectivity index (χ2n) is 5.94. The summed E-state index contributed by atoms with van der Waals surface area (Å²) in [4.78, 5) is 0. The van der Waals surface area contributed by atoms with E-state index in [1.807, 2.05) is 0 Å². The van der Waals surface area contributed by atoms with E-state index in [1.54, 1.807) is 0 Å². The first-order valence-electron chi connectivity index (χ1n) is 7.93. The summed E-state index contributed by atoms with van der Waals surface area (Å²) in [5.74, 6) is 0. The van der Waals surface area contributed by atoms with E-state index >= 15 is 0 Å². The zero-order valence-electron chi connectivity index (χ0n) is 11.7. The minimum absolute atomic E-state index is 1.23. The van der Waals surface area contributed by atoms with E-state index in [4.69, 9.17) is 0 Å². The molecule has 0 radical (unpaired) electrons. The first-order valence-corrected chi connectivity index (χ1v) is 7.93. The van der Waals surface area contributed by atoms with Gasteiger partial charge in [-0.3, -0.25) is 0 Å². The Morgan fingerprint density at radius 3 is 0.889 bits per heavy atom. The van der Waals surface area contributed by atoms with Gasteiger partial charge in [0.2, 0.25) is 0 Å². The Kier molecular flexibility index (Phi) is 4.52. The van der Waals surface area contributed by atoms with Gasteiger partial charge < -0.3 is 0 Å². The molecule has 0 atom stereocenters. The van der Waals surface area contributed by atoms with Crippen LogP contribution < -0.4 is 0 Å². The fourth-order valence-corrected chi connectivity index (χ4v) is 3.57. The highest BCUT2D eigenvalue weighted by atomic mass is 15.7. The lowest BCUT2D eigenvalue weighted by Gasteiger charge is -2.46. The van der Waals surface area contributed by atoms with Crippen LogP contribution in [0.15, 0.2) is 0 Å². The van der Waals surface area contributed by atoms with Gasteiger partial charge in [-0.25, -0.2) is 20.0 Å². The smallest absolute Gasteiger partial charge is 0.0275 e. The number of rotatable bonds is 2. The van der Waals surface area contributed by atoms with Gasteiger partial charge in [0.15, 0.2) is 0 Å². The van der Waals surface area contributed by atoms with Crippen LogP contribution in [-0.4, -0.2) is 72.4 Å². The van der Waals surface area contributed by atoms with Crippen LogP contribution >= 0.6 is 0 Å². The molecule has 3 heterocycles. The molecule has 0 N–H and O–H groups in total. The van der Waals surface area contributed by atoms with Gasteiger partial charge in [0.25, 0.3) is 0 Å². The van der Waals surface area contributed by atoms with E-state index in [0.717, 1.165) is 0 Å². The molecule has 0 aromatic heterocycles. The van der Waals surface area contributed by atoms with Crippen LogP contribution in [0.25, 0.3) is 0 Å². The molecule has 3 rings (SSSR count). The fraction of sp³-hybridized carbons (Fsp3) is 1.00. The highest BCUT2D eigenvalue weighted by Gasteiger charge is 2.26. The lowest BCUT2D eigenvalue weighted by Crippen LogP contribution is -2.59. The lowest BCUT2D eigenvalue weighted by molar-refractivity contribution is -0.124. The molecule has 104 valence electrons. The quantitative estimate of drug-likeness (QED) is 0.736. The summed E-state index contributed by atoms with van der Waals surface area (Å²) in [5, 5.41) is 10.4. The average molecular weight is 252 g/mol. The van der Waals surface area contributed by atoms with Gasteiger partial charge in [0, 0.05) is 52.4 Å². The van der Waals surface area contributed by atoms with Crippen LogP contribution in [0.5, 0.6) is 0 Å². The normalized spacial score (nSPS) is 30.7. The van der Waals surface area contributed by atoms with E-state index in [9.17, 15) is 0 Å². The summed E-state index contributed by atoms with van der Waals surface area (Å²) >= 11 is 0. The van der Waals surface area contributed by atoms with E-state index < -0.39 is 0 Å². The monoisotopic (exact) mass is 252 g/mol. The minimum atomic E-state index is 1.23. The molecule has 3 saturated heterocycles. The summed E-state index contributed by atoms with van der Waals surface area (Å²) in [5.41, 5.74) is 0. The van der Waals surface area contributed by atoms with Crippen LogP contribution in [0.3, 0.4) is 0 Å². The van der Waals surface area contributed by atoms with Crippen LogP contribution in [-0.2, 0) is 0 Å². The van der Waals surface area contributed by atoms with Crippen molar-refractivity contribution in [2.24, 2.45) is 0 Å². The van der Waals surface area contributed by atoms with Crippen LogP contribution in [0, 0.1) is 0 Å². The summed E-state index contributed by atoms with van der Waals surface area (Å²) < 4.78 is 0. The van der Waals surface area contributed by atoms with Gasteiger partial charge in [-0.15, -0.1) is 0 Å². The molecule has 0 unspecified atom stereocenters. The van der Waals surface area contributed by atoms with Gasteiger partial charge in [-0.2, -0.15) is 0 Å². The number of hydrazine groups is 2. The van der Waals surface area contributed by atoms with Gasteiger partial charge in [0.05, 0.1) is 0 Å². The number of piperazine rings is 1. The molecule has 3 aliphatic rings. The van der Waals surface area contributed by atoms with Gasteiger partial charge in [-0.1, -0.05) is 12.8 Å². The second-order valence-corrected chi connectivity index (χ2v) is 5.94. The molecule has 3 aliphatic heterocycles. The molecule has 0 aliphatic carbocycles. The van der Waals surface area contributed by atoms with Gasteiger partial charge >= 0.3 is 0 Å². The predicted molar refractivity (Wildman–Crippen MR) is 74.0 cm³/mol. The maximum atomic E-state index is 2.61. The Labute approximate surface area is 111 Å². The molecular formula is C14H28N4. The molecule has 3 fully saturated rings. The topological polar surface area (TPSA) is 13.0 Å². The predicted octanol–water partition coefficient (Wildman–Crippen LogP) is 1.41. The van der Waals surface area contributed by atoms with Crippen molar-refractivity contribution in [3.8, 4) is 0 Å². The fourth-order valence-electron chi connectivity index (χ4n) is 3.57. The maximum Gasteiger partial charge on any atom is 0.0275 e. The average Bonchev–Trinajstić information content (AvgIpc) is 2.49. The molecule has 0 bridgehead atoms. The molecule has 0 saturated carbocycles. The largest absolute Gasteiger partial charge is 0.242 e. The number of nitrogens with zero attached hydrogens (tertiary/aromatic N) is 4. The summed E-state index contributed by atoms with van der Waals surface area (Å²) in [7, 11) is 0. The Bertz CT molecular complexity index is 212. The van der Waals surface area contributed by atoms with Gasteiger partial charge in [0.1, 0.15) is 0 Å². The molecule has 4 heteroatoms. The molecule has 0 spiro atoms. The van der Waals surface area contributed by atoms with Crippen molar-refractivity contribution in [2.45, 2.75) is 38.5 Å². The van der Waals surface area contributed by atoms with Crippen molar-refractivity contribution in [1.82, 2.24) is 20.0 Å². The van der Waals surface area contributed by atoms with Crippen LogP contribution in [0.4, 0.5) is 0 Å². The number of piperidine rings is 2. The third kappa shape index (κ3) is 3.05. The van der Waals surface area contributed by atoms with E-state index in [2.05, 4.69) is 20.0 Å². The van der Waals surface area contributed by atoms with Crippen molar-refractivity contribution >= 4 is 0 Å². The standard InChI is InChI=1S/C14H28N4/c1-3-7-15(8-4-1)17-11-13-18(14-12-17)16-9-5-2-6-10-16/h1-14H2. The van der Waals surface area contributed by atoms with Crippen molar-refractivity contribution in [2.75, 3.05) is 52.4 Å². The first-order chi connectivity index (χ1) is 8.93. The zero-order chi connectivity index (χ0) is 12.2. The summed E-state index contributed by atoms with van der Waals surface area (Å²) in [6.07, 6.45) is 8.45. The van der Waals surface area contributed by atoms with E-state index in [1.165, 1.54) is 90.9 Å². The zero-order valence-corrected chi connectivity index (χ0v) is 11.7. The molecule has 0 aromatic carbocycles. The van der Waals surface area contributed by atoms with Crippen molar-refractivity contribution < 1.29 is 0 Å². The molecule has 18 heavy (non-hydrogen) atoms. The summed E-state index contributed by atoms with van der Waals surface area (Å²) in [6.45, 7) is 10.1. The second kappa shape index (κ2) is 6.33. The molecule has 4 nitrogen and oxygen atoms in total.